The molecule has 0 bridgehead atoms. The summed E-state index contributed by atoms with van der Waals surface area (Å²) < 4.78 is 0. The number of nitrogens with one attached hydrogen (secondary N) is 2. The number of aryl methyl sites for hydroxylation is 1. The second-order valence-electron chi connectivity index (χ2n) is 5.25. The van der Waals surface area contributed by atoms with Gasteiger partial charge in [-0.15, -0.1) is 0 Å². The molecule has 0 aliphatic rings. The van der Waals surface area contributed by atoms with E-state index in [4.69, 9.17) is 5.73 Å². The molecule has 23 heavy (non-hydrogen) atoms. The van der Waals surface area contributed by atoms with Gasteiger partial charge < -0.3 is 16.4 Å². The maximum absolute atomic E-state index is 11.7. The van der Waals surface area contributed by atoms with Crippen molar-refractivity contribution in [2.24, 2.45) is 10.7 Å². The van der Waals surface area contributed by atoms with Crippen molar-refractivity contribution in [1.29, 1.82) is 0 Å². The summed E-state index contributed by atoms with van der Waals surface area (Å²) in [6.07, 6.45) is 0. The third kappa shape index (κ3) is 5.14. The first kappa shape index (κ1) is 16.5. The van der Waals surface area contributed by atoms with E-state index in [1.54, 1.807) is 12.1 Å². The number of rotatable bonds is 5. The maximum atomic E-state index is 11.7. The Bertz CT molecular complexity index is 675. The van der Waals surface area contributed by atoms with Gasteiger partial charge in [0.05, 0.1) is 6.54 Å². The first-order valence-corrected chi connectivity index (χ1v) is 7.59. The molecule has 4 N–H and O–H groups in total. The average Bonchev–Trinajstić information content (AvgIpc) is 2.56. The van der Waals surface area contributed by atoms with Crippen molar-refractivity contribution in [3.05, 3.63) is 65.2 Å². The van der Waals surface area contributed by atoms with Gasteiger partial charge in [-0.1, -0.05) is 29.8 Å². The number of carbonyl (C=O) groups is 1. The minimum absolute atomic E-state index is 0.0666. The number of hydrogen-bond donors (Lipinski definition) is 3. The zero-order chi connectivity index (χ0) is 16.7. The van der Waals surface area contributed by atoms with Gasteiger partial charge in [0.15, 0.2) is 5.96 Å². The van der Waals surface area contributed by atoms with Crippen molar-refractivity contribution in [2.75, 3.05) is 11.9 Å². The van der Waals surface area contributed by atoms with Crippen LogP contribution in [0.2, 0.25) is 0 Å². The van der Waals surface area contributed by atoms with Crippen molar-refractivity contribution in [2.45, 2.75) is 20.4 Å². The van der Waals surface area contributed by atoms with Crippen LogP contribution >= 0.6 is 0 Å². The second-order valence-corrected chi connectivity index (χ2v) is 5.25. The van der Waals surface area contributed by atoms with Gasteiger partial charge in [0.25, 0.3) is 5.91 Å². The van der Waals surface area contributed by atoms with Gasteiger partial charge in [-0.2, -0.15) is 0 Å². The Morgan fingerprint density at radius 2 is 1.74 bits per heavy atom. The Morgan fingerprint density at radius 1 is 1.09 bits per heavy atom. The summed E-state index contributed by atoms with van der Waals surface area (Å²) >= 11 is 0. The number of guanidine groups is 1. The highest BCUT2D eigenvalue weighted by molar-refractivity contribution is 5.94. The molecule has 2 aromatic carbocycles. The number of benzene rings is 2. The van der Waals surface area contributed by atoms with E-state index in [1.165, 1.54) is 5.56 Å². The van der Waals surface area contributed by atoms with Crippen molar-refractivity contribution < 1.29 is 4.79 Å². The molecule has 5 nitrogen and oxygen atoms in total. The van der Waals surface area contributed by atoms with Gasteiger partial charge >= 0.3 is 0 Å². The Balaban J connectivity index is 1.93. The summed E-state index contributed by atoms with van der Waals surface area (Å²) in [6, 6.07) is 15.3. The molecule has 2 aromatic rings. The molecule has 0 saturated carbocycles. The molecular formula is C18H22N4O. The minimum atomic E-state index is -0.0666. The van der Waals surface area contributed by atoms with Crippen molar-refractivity contribution in [1.82, 2.24) is 5.32 Å². The maximum Gasteiger partial charge on any atom is 0.251 e. The monoisotopic (exact) mass is 310 g/mol. The summed E-state index contributed by atoms with van der Waals surface area (Å²) in [7, 11) is 0. The molecule has 0 radical (unpaired) electrons. The van der Waals surface area contributed by atoms with E-state index < -0.39 is 0 Å². The molecule has 120 valence electrons. The third-order valence-electron chi connectivity index (χ3n) is 3.31. The Hall–Kier alpha value is -2.82. The molecule has 0 aliphatic heterocycles. The largest absolute Gasteiger partial charge is 0.370 e. The predicted octanol–water partition coefficient (Wildman–Crippen LogP) is 2.67. The molecule has 0 saturated heterocycles. The Morgan fingerprint density at radius 3 is 2.35 bits per heavy atom. The number of aliphatic imine (C=N–C) groups is 1. The van der Waals surface area contributed by atoms with Crippen LogP contribution in [0.25, 0.3) is 0 Å². The lowest BCUT2D eigenvalue weighted by Gasteiger charge is -2.06. The third-order valence-corrected chi connectivity index (χ3v) is 3.31. The number of anilines is 1. The highest BCUT2D eigenvalue weighted by Gasteiger charge is 2.03. The lowest BCUT2D eigenvalue weighted by atomic mass is 10.1. The van der Waals surface area contributed by atoms with Gasteiger partial charge in [0, 0.05) is 17.8 Å². The Labute approximate surface area is 136 Å². The first-order valence-electron chi connectivity index (χ1n) is 7.59. The van der Waals surface area contributed by atoms with Gasteiger partial charge in [-0.05, 0) is 43.7 Å². The van der Waals surface area contributed by atoms with Crippen molar-refractivity contribution >= 4 is 17.6 Å². The quantitative estimate of drug-likeness (QED) is 0.587. The number of amides is 1. The topological polar surface area (TPSA) is 79.5 Å². The van der Waals surface area contributed by atoms with Crippen molar-refractivity contribution in [3.8, 4) is 0 Å². The first-order chi connectivity index (χ1) is 11.1. The normalized spacial score (nSPS) is 11.1. The lowest BCUT2D eigenvalue weighted by Crippen LogP contribution is -2.23. The van der Waals surface area contributed by atoms with E-state index >= 15 is 0 Å². The molecule has 0 unspecified atom stereocenters. The summed E-state index contributed by atoms with van der Waals surface area (Å²) in [5, 5.41) is 5.82. The summed E-state index contributed by atoms with van der Waals surface area (Å²) in [6.45, 7) is 5.00. The minimum Gasteiger partial charge on any atom is -0.370 e. The Kier molecular flexibility index (Phi) is 5.74. The van der Waals surface area contributed by atoms with Crippen LogP contribution in [0.4, 0.5) is 5.69 Å². The molecule has 5 heteroatoms. The molecule has 1 amide bonds. The fourth-order valence-electron chi connectivity index (χ4n) is 2.02. The van der Waals surface area contributed by atoms with E-state index in [9.17, 15) is 4.79 Å². The highest BCUT2D eigenvalue weighted by atomic mass is 16.1. The van der Waals surface area contributed by atoms with E-state index in [1.807, 2.05) is 50.2 Å². The summed E-state index contributed by atoms with van der Waals surface area (Å²) in [5.41, 5.74) is 9.62. The van der Waals surface area contributed by atoms with Crippen LogP contribution in [0.3, 0.4) is 0 Å². The average molecular weight is 310 g/mol. The number of nitrogens with zero attached hydrogens (tertiary/aromatic N) is 1. The van der Waals surface area contributed by atoms with Gasteiger partial charge in [0.2, 0.25) is 0 Å². The highest BCUT2D eigenvalue weighted by Crippen LogP contribution is 2.09. The molecule has 0 atom stereocenters. The molecular weight excluding hydrogens is 288 g/mol. The molecule has 0 aromatic heterocycles. The van der Waals surface area contributed by atoms with E-state index in [2.05, 4.69) is 15.6 Å². The fraction of sp³-hybridized carbons (Fsp3) is 0.222. The summed E-state index contributed by atoms with van der Waals surface area (Å²) in [5.74, 6) is 0.296. The predicted molar refractivity (Wildman–Crippen MR) is 94.6 cm³/mol. The number of nitrogens with two attached hydrogens (primary N) is 1. The van der Waals surface area contributed by atoms with Crippen molar-refractivity contribution in [3.63, 3.8) is 0 Å². The number of hydrogen-bond acceptors (Lipinski definition) is 2. The van der Waals surface area contributed by atoms with Crippen LogP contribution in [0.5, 0.6) is 0 Å². The van der Waals surface area contributed by atoms with Crippen LogP contribution in [-0.4, -0.2) is 18.4 Å². The van der Waals surface area contributed by atoms with Gasteiger partial charge in [-0.3, -0.25) is 4.79 Å². The SMILES string of the molecule is CCNC(=O)c1ccc(CN=C(N)Nc2ccc(C)cc2)cc1. The second kappa shape index (κ2) is 7.98. The van der Waals surface area contributed by atoms with Gasteiger partial charge in [-0.25, -0.2) is 4.99 Å². The van der Waals surface area contributed by atoms with Crippen LogP contribution in [0.1, 0.15) is 28.4 Å². The molecule has 0 spiro atoms. The van der Waals surface area contributed by atoms with E-state index in [0.29, 0.717) is 24.6 Å². The smallest absolute Gasteiger partial charge is 0.251 e. The molecule has 0 fully saturated rings. The zero-order valence-electron chi connectivity index (χ0n) is 13.5. The zero-order valence-corrected chi connectivity index (χ0v) is 13.5. The van der Waals surface area contributed by atoms with Crippen LogP contribution in [0, 0.1) is 6.92 Å². The van der Waals surface area contributed by atoms with Crippen LogP contribution in [-0.2, 0) is 6.54 Å². The number of carbonyl (C=O) groups excluding carboxylic acids is 1. The van der Waals surface area contributed by atoms with Crippen LogP contribution < -0.4 is 16.4 Å². The molecule has 0 heterocycles. The lowest BCUT2D eigenvalue weighted by molar-refractivity contribution is 0.0956. The molecule has 0 aliphatic carbocycles. The van der Waals surface area contributed by atoms with E-state index in [-0.39, 0.29) is 5.91 Å². The van der Waals surface area contributed by atoms with Crippen LogP contribution in [0.15, 0.2) is 53.5 Å². The van der Waals surface area contributed by atoms with Gasteiger partial charge in [0.1, 0.15) is 0 Å². The fourth-order valence-corrected chi connectivity index (χ4v) is 2.02. The standard InChI is InChI=1S/C18H22N4O/c1-3-20-17(23)15-8-6-14(7-9-15)12-21-18(19)22-16-10-4-13(2)5-11-16/h4-11H,3,12H2,1-2H3,(H,20,23)(H3,19,21,22). The summed E-state index contributed by atoms with van der Waals surface area (Å²) in [4.78, 5) is 16.0. The van der Waals surface area contributed by atoms with E-state index in [0.717, 1.165) is 11.3 Å². The molecule has 2 rings (SSSR count).